The lowest BCUT2D eigenvalue weighted by atomic mass is 10.2. The minimum Gasteiger partial charge on any atom is -0.493 e. The first-order valence-corrected chi connectivity index (χ1v) is 4.72. The fourth-order valence-corrected chi connectivity index (χ4v) is 1.14. The molecule has 0 saturated carbocycles. The number of ether oxygens (including phenoxy) is 1. The van der Waals surface area contributed by atoms with Gasteiger partial charge in [0.2, 0.25) is 0 Å². The third-order valence-electron chi connectivity index (χ3n) is 1.89. The lowest BCUT2D eigenvalue weighted by Crippen LogP contribution is -1.98. The van der Waals surface area contributed by atoms with Crippen molar-refractivity contribution in [1.82, 2.24) is 0 Å². The number of hydrogen-bond acceptors (Lipinski definition) is 3. The Bertz CT molecular complexity index is 374. The molecular weight excluding hydrogens is 194 g/mol. The average molecular weight is 207 g/mol. The van der Waals surface area contributed by atoms with Crippen LogP contribution in [-0.2, 0) is 0 Å². The van der Waals surface area contributed by atoms with E-state index in [-0.39, 0.29) is 5.69 Å². The molecule has 1 aromatic rings. The molecule has 0 aliphatic heterocycles. The topological polar surface area (TPSA) is 52.4 Å². The smallest absolute Gasteiger partial charge is 0.273 e. The van der Waals surface area contributed by atoms with Crippen LogP contribution in [0.2, 0.25) is 0 Å². The summed E-state index contributed by atoms with van der Waals surface area (Å²) in [7, 11) is 0. The van der Waals surface area contributed by atoms with E-state index >= 15 is 0 Å². The quantitative estimate of drug-likeness (QED) is 0.550. The van der Waals surface area contributed by atoms with Crippen molar-refractivity contribution in [3.63, 3.8) is 0 Å². The average Bonchev–Trinajstić information content (AvgIpc) is 2.25. The lowest BCUT2D eigenvalue weighted by molar-refractivity contribution is -0.384. The van der Waals surface area contributed by atoms with Crippen LogP contribution in [0.25, 0.3) is 6.08 Å². The van der Waals surface area contributed by atoms with Crippen LogP contribution in [0.4, 0.5) is 5.69 Å². The van der Waals surface area contributed by atoms with E-state index in [2.05, 4.69) is 6.58 Å². The first-order valence-electron chi connectivity index (χ1n) is 4.72. The summed E-state index contributed by atoms with van der Waals surface area (Å²) in [5, 5.41) is 10.6. The second-order valence-corrected chi connectivity index (χ2v) is 3.03. The molecule has 0 radical (unpaired) electrons. The molecule has 80 valence electrons. The van der Waals surface area contributed by atoms with E-state index in [1.54, 1.807) is 12.1 Å². The van der Waals surface area contributed by atoms with Gasteiger partial charge in [0.25, 0.3) is 5.69 Å². The van der Waals surface area contributed by atoms with Gasteiger partial charge in [-0.1, -0.05) is 19.6 Å². The standard InChI is InChI=1S/C11H13NO3/c1-3-7-15-11-8-10(12(13)14)6-5-9(11)4-2/h4-6,8H,2-3,7H2,1H3. The predicted molar refractivity (Wildman–Crippen MR) is 59.0 cm³/mol. The molecule has 0 heterocycles. The molecule has 1 rings (SSSR count). The molecule has 0 unspecified atom stereocenters. The van der Waals surface area contributed by atoms with Gasteiger partial charge < -0.3 is 4.74 Å². The van der Waals surface area contributed by atoms with Gasteiger partial charge in [-0.15, -0.1) is 0 Å². The number of benzene rings is 1. The minimum atomic E-state index is -0.439. The van der Waals surface area contributed by atoms with Crippen LogP contribution in [-0.4, -0.2) is 11.5 Å². The molecule has 4 heteroatoms. The van der Waals surface area contributed by atoms with Gasteiger partial charge in [0, 0.05) is 11.6 Å². The van der Waals surface area contributed by atoms with E-state index in [1.165, 1.54) is 12.1 Å². The second kappa shape index (κ2) is 5.14. The van der Waals surface area contributed by atoms with E-state index in [1.807, 2.05) is 6.92 Å². The van der Waals surface area contributed by atoms with Crippen LogP contribution in [0.15, 0.2) is 24.8 Å². The van der Waals surface area contributed by atoms with Crippen LogP contribution in [0.3, 0.4) is 0 Å². The molecule has 4 nitrogen and oxygen atoms in total. The van der Waals surface area contributed by atoms with Gasteiger partial charge in [-0.05, 0) is 12.5 Å². The van der Waals surface area contributed by atoms with E-state index in [0.717, 1.165) is 12.0 Å². The predicted octanol–water partition coefficient (Wildman–Crippen LogP) is 3.03. The van der Waals surface area contributed by atoms with Gasteiger partial charge in [0.05, 0.1) is 17.6 Å². The summed E-state index contributed by atoms with van der Waals surface area (Å²) in [6.45, 7) is 6.15. The zero-order valence-corrected chi connectivity index (χ0v) is 8.60. The highest BCUT2D eigenvalue weighted by atomic mass is 16.6. The molecule has 0 aliphatic carbocycles. The number of hydrogen-bond donors (Lipinski definition) is 0. The fourth-order valence-electron chi connectivity index (χ4n) is 1.14. The Balaban J connectivity index is 3.01. The highest BCUT2D eigenvalue weighted by Crippen LogP contribution is 2.25. The molecule has 0 N–H and O–H groups in total. The van der Waals surface area contributed by atoms with Crippen molar-refractivity contribution in [1.29, 1.82) is 0 Å². The maximum atomic E-state index is 10.6. The molecule has 0 spiro atoms. The summed E-state index contributed by atoms with van der Waals surface area (Å²) >= 11 is 0. The molecule has 0 amide bonds. The van der Waals surface area contributed by atoms with Crippen LogP contribution in [0.1, 0.15) is 18.9 Å². The largest absolute Gasteiger partial charge is 0.493 e. The Morgan fingerprint density at radius 2 is 2.33 bits per heavy atom. The molecule has 0 fully saturated rings. The SMILES string of the molecule is C=Cc1ccc([N+](=O)[O-])cc1OCCC. The van der Waals surface area contributed by atoms with Crippen molar-refractivity contribution in [2.75, 3.05) is 6.61 Å². The third kappa shape index (κ3) is 2.80. The van der Waals surface area contributed by atoms with Gasteiger partial charge in [0.1, 0.15) is 5.75 Å². The first-order chi connectivity index (χ1) is 7.19. The van der Waals surface area contributed by atoms with Crippen molar-refractivity contribution < 1.29 is 9.66 Å². The van der Waals surface area contributed by atoms with Gasteiger partial charge in [-0.2, -0.15) is 0 Å². The van der Waals surface area contributed by atoms with Crippen LogP contribution in [0, 0.1) is 10.1 Å². The fraction of sp³-hybridized carbons (Fsp3) is 0.273. The van der Waals surface area contributed by atoms with Crippen molar-refractivity contribution in [3.8, 4) is 5.75 Å². The number of nitro benzene ring substituents is 1. The Morgan fingerprint density at radius 3 is 2.87 bits per heavy atom. The molecule has 0 bridgehead atoms. The summed E-state index contributed by atoms with van der Waals surface area (Å²) in [6.07, 6.45) is 2.48. The molecule has 15 heavy (non-hydrogen) atoms. The summed E-state index contributed by atoms with van der Waals surface area (Å²) in [5.41, 5.74) is 0.806. The van der Waals surface area contributed by atoms with Gasteiger partial charge in [0.15, 0.2) is 0 Å². The zero-order valence-electron chi connectivity index (χ0n) is 8.60. The van der Waals surface area contributed by atoms with Crippen LogP contribution >= 0.6 is 0 Å². The van der Waals surface area contributed by atoms with Crippen molar-refractivity contribution in [3.05, 3.63) is 40.5 Å². The molecule has 0 aliphatic rings. The highest BCUT2D eigenvalue weighted by molar-refractivity contribution is 5.59. The van der Waals surface area contributed by atoms with Crippen LogP contribution in [0.5, 0.6) is 5.75 Å². The van der Waals surface area contributed by atoms with E-state index in [0.29, 0.717) is 12.4 Å². The monoisotopic (exact) mass is 207 g/mol. The Labute approximate surface area is 88.3 Å². The Hall–Kier alpha value is -1.84. The summed E-state index contributed by atoms with van der Waals surface area (Å²) in [5.74, 6) is 0.515. The Kier molecular flexibility index (Phi) is 3.85. The minimum absolute atomic E-state index is 0.0340. The van der Waals surface area contributed by atoms with E-state index < -0.39 is 4.92 Å². The molecule has 0 aromatic heterocycles. The highest BCUT2D eigenvalue weighted by Gasteiger charge is 2.09. The van der Waals surface area contributed by atoms with Crippen molar-refractivity contribution in [2.45, 2.75) is 13.3 Å². The maximum Gasteiger partial charge on any atom is 0.273 e. The van der Waals surface area contributed by atoms with Gasteiger partial charge in [-0.25, -0.2) is 0 Å². The number of nitro groups is 1. The van der Waals surface area contributed by atoms with E-state index in [4.69, 9.17) is 4.74 Å². The summed E-state index contributed by atoms with van der Waals surface area (Å²) in [6, 6.07) is 4.50. The van der Waals surface area contributed by atoms with Crippen molar-refractivity contribution in [2.24, 2.45) is 0 Å². The molecule has 1 aromatic carbocycles. The van der Waals surface area contributed by atoms with E-state index in [9.17, 15) is 10.1 Å². The number of rotatable bonds is 5. The van der Waals surface area contributed by atoms with Gasteiger partial charge in [-0.3, -0.25) is 10.1 Å². The zero-order chi connectivity index (χ0) is 11.3. The summed E-state index contributed by atoms with van der Waals surface area (Å²) in [4.78, 5) is 10.1. The number of non-ortho nitro benzene ring substituents is 1. The molecule has 0 atom stereocenters. The molecule has 0 saturated heterocycles. The first kappa shape index (κ1) is 11.2. The van der Waals surface area contributed by atoms with Crippen LogP contribution < -0.4 is 4.74 Å². The number of nitrogens with zero attached hydrogens (tertiary/aromatic N) is 1. The van der Waals surface area contributed by atoms with Crippen molar-refractivity contribution >= 4 is 11.8 Å². The molecular formula is C11H13NO3. The normalized spacial score (nSPS) is 9.67. The Morgan fingerprint density at radius 1 is 1.60 bits per heavy atom. The lowest BCUT2D eigenvalue weighted by Gasteiger charge is -2.07. The second-order valence-electron chi connectivity index (χ2n) is 3.03. The maximum absolute atomic E-state index is 10.6. The summed E-state index contributed by atoms with van der Waals surface area (Å²) < 4.78 is 5.39. The third-order valence-corrected chi connectivity index (χ3v) is 1.89. The van der Waals surface area contributed by atoms with Gasteiger partial charge >= 0.3 is 0 Å².